The normalized spacial score (nSPS) is 11.3. The van der Waals surface area contributed by atoms with Crippen LogP contribution in [-0.2, 0) is 4.57 Å². The van der Waals surface area contributed by atoms with Crippen molar-refractivity contribution >= 4 is 23.1 Å². The minimum absolute atomic E-state index is 0.819. The van der Waals surface area contributed by atoms with Crippen molar-refractivity contribution in [2.75, 3.05) is 0 Å². The van der Waals surface area contributed by atoms with Gasteiger partial charge in [0.25, 0.3) is 0 Å². The fraction of sp³-hybridized carbons (Fsp3) is 0.0417. The van der Waals surface area contributed by atoms with Crippen LogP contribution in [0.1, 0.15) is 5.56 Å². The molecule has 3 heteroatoms. The summed E-state index contributed by atoms with van der Waals surface area (Å²) in [6.45, 7) is 2.02. The van der Waals surface area contributed by atoms with E-state index in [0.717, 1.165) is 32.7 Å². The molecular weight excluding hydrogens is 349 g/mol. The summed E-state index contributed by atoms with van der Waals surface area (Å²) in [4.78, 5) is 4.53. The third-order valence-electron chi connectivity index (χ3n) is 4.66. The highest BCUT2D eigenvalue weighted by Crippen LogP contribution is 2.42. The molecule has 0 amide bonds. The lowest BCUT2D eigenvalue weighted by atomic mass is 10.1. The Bertz CT molecular complexity index is 1050. The molecule has 0 bridgehead atoms. The predicted octanol–water partition coefficient (Wildman–Crippen LogP) is 4.70. The van der Waals surface area contributed by atoms with E-state index in [1.54, 1.807) is 0 Å². The summed E-state index contributed by atoms with van der Waals surface area (Å²) in [5, 5.41) is 2.50. The lowest BCUT2D eigenvalue weighted by Gasteiger charge is -2.20. The van der Waals surface area contributed by atoms with Crippen LogP contribution in [0.2, 0.25) is 0 Å². The van der Waals surface area contributed by atoms with Gasteiger partial charge in [0.2, 0.25) is 0 Å². The molecule has 4 aromatic rings. The summed E-state index contributed by atoms with van der Waals surface area (Å²) in [5.74, 6) is 0. The average Bonchev–Trinajstić information content (AvgIpc) is 2.75. The monoisotopic (exact) mass is 369 g/mol. The zero-order valence-corrected chi connectivity index (χ0v) is 16.0. The minimum atomic E-state index is -2.96. The fourth-order valence-electron chi connectivity index (χ4n) is 3.22. The molecule has 0 atom stereocenters. The van der Waals surface area contributed by atoms with Gasteiger partial charge in [-0.2, -0.15) is 0 Å². The van der Waals surface area contributed by atoms with Gasteiger partial charge in [0.1, 0.15) is 0 Å². The molecule has 0 N–H and O–H groups in total. The molecule has 1 aromatic heterocycles. The summed E-state index contributed by atoms with van der Waals surface area (Å²) in [6.07, 6.45) is 1.86. The van der Waals surface area contributed by atoms with Crippen LogP contribution in [0, 0.1) is 6.92 Å². The van der Waals surface area contributed by atoms with Gasteiger partial charge in [-0.05, 0) is 24.6 Å². The number of nitrogens with zero attached hydrogens (tertiary/aromatic N) is 1. The minimum Gasteiger partial charge on any atom is -0.309 e. The van der Waals surface area contributed by atoms with E-state index < -0.39 is 7.14 Å². The summed E-state index contributed by atoms with van der Waals surface area (Å²) in [5.41, 5.74) is 2.98. The van der Waals surface area contributed by atoms with Crippen molar-refractivity contribution in [2.24, 2.45) is 0 Å². The molecule has 0 unspecified atom stereocenters. The Kier molecular flexibility index (Phi) is 4.75. The standard InChI is InChI=1S/C24H20NOP/c1-19-15-16-24(25-18-19)20-9-8-14-23(17-20)27(26,21-10-4-2-5-11-21)22-12-6-3-7-13-22/h2-18H,1H3. The predicted molar refractivity (Wildman–Crippen MR) is 114 cm³/mol. The number of hydrogen-bond donors (Lipinski definition) is 0. The highest BCUT2D eigenvalue weighted by atomic mass is 31.2. The molecule has 2 nitrogen and oxygen atoms in total. The van der Waals surface area contributed by atoms with Crippen LogP contribution in [0.4, 0.5) is 0 Å². The lowest BCUT2D eigenvalue weighted by molar-refractivity contribution is 0.592. The molecule has 3 aromatic carbocycles. The number of rotatable bonds is 4. The molecule has 0 saturated heterocycles. The molecule has 0 aliphatic rings. The van der Waals surface area contributed by atoms with E-state index in [2.05, 4.69) is 4.98 Å². The molecule has 0 radical (unpaired) electrons. The average molecular weight is 369 g/mol. The highest BCUT2D eigenvalue weighted by molar-refractivity contribution is 7.85. The van der Waals surface area contributed by atoms with Crippen molar-refractivity contribution in [3.8, 4) is 11.3 Å². The van der Waals surface area contributed by atoms with Gasteiger partial charge in [0, 0.05) is 27.7 Å². The molecule has 0 fully saturated rings. The Morgan fingerprint density at radius 3 is 1.81 bits per heavy atom. The van der Waals surface area contributed by atoms with Crippen molar-refractivity contribution < 1.29 is 4.57 Å². The van der Waals surface area contributed by atoms with Crippen LogP contribution < -0.4 is 15.9 Å². The van der Waals surface area contributed by atoms with Gasteiger partial charge < -0.3 is 4.57 Å². The summed E-state index contributed by atoms with van der Waals surface area (Å²) in [7, 11) is -2.96. The quantitative estimate of drug-likeness (QED) is 0.488. The summed E-state index contributed by atoms with van der Waals surface area (Å²) < 4.78 is 14.4. The van der Waals surface area contributed by atoms with Gasteiger partial charge in [0.15, 0.2) is 7.14 Å². The van der Waals surface area contributed by atoms with Crippen LogP contribution in [0.5, 0.6) is 0 Å². The number of aromatic nitrogens is 1. The molecule has 4 rings (SSSR count). The van der Waals surface area contributed by atoms with Gasteiger partial charge in [-0.15, -0.1) is 0 Å². The first kappa shape index (κ1) is 17.5. The van der Waals surface area contributed by atoms with E-state index in [9.17, 15) is 4.57 Å². The first-order valence-corrected chi connectivity index (χ1v) is 10.6. The van der Waals surface area contributed by atoms with Gasteiger partial charge in [0.05, 0.1) is 5.69 Å². The topological polar surface area (TPSA) is 30.0 Å². The van der Waals surface area contributed by atoms with E-state index in [-0.39, 0.29) is 0 Å². The smallest absolute Gasteiger partial charge is 0.171 e. The Hall–Kier alpha value is -2.96. The molecule has 27 heavy (non-hydrogen) atoms. The maximum Gasteiger partial charge on any atom is 0.171 e. The summed E-state index contributed by atoms with van der Waals surface area (Å²) >= 11 is 0. The largest absolute Gasteiger partial charge is 0.309 e. The zero-order chi connectivity index (χ0) is 18.7. The SMILES string of the molecule is Cc1ccc(-c2cccc(P(=O)(c3ccccc3)c3ccccc3)c2)nc1. The van der Waals surface area contributed by atoms with Crippen LogP contribution in [0.3, 0.4) is 0 Å². The number of aryl methyl sites for hydroxylation is 1. The van der Waals surface area contributed by atoms with Gasteiger partial charge in [-0.1, -0.05) is 84.9 Å². The number of hydrogen-bond acceptors (Lipinski definition) is 2. The van der Waals surface area contributed by atoms with E-state index in [0.29, 0.717) is 0 Å². The van der Waals surface area contributed by atoms with Gasteiger partial charge in [-0.25, -0.2) is 0 Å². The third-order valence-corrected chi connectivity index (χ3v) is 7.71. The number of benzene rings is 3. The van der Waals surface area contributed by atoms with Crippen molar-refractivity contribution in [2.45, 2.75) is 6.92 Å². The van der Waals surface area contributed by atoms with Gasteiger partial charge >= 0.3 is 0 Å². The Balaban J connectivity index is 1.91. The van der Waals surface area contributed by atoms with E-state index in [1.165, 1.54) is 0 Å². The van der Waals surface area contributed by atoms with Crippen LogP contribution >= 0.6 is 7.14 Å². The molecule has 132 valence electrons. The number of pyridine rings is 1. The second-order valence-corrected chi connectivity index (χ2v) is 9.32. The molecular formula is C24H20NOP. The van der Waals surface area contributed by atoms with Gasteiger partial charge in [-0.3, -0.25) is 4.98 Å². The van der Waals surface area contributed by atoms with E-state index >= 15 is 0 Å². The Morgan fingerprint density at radius 1 is 0.667 bits per heavy atom. The van der Waals surface area contributed by atoms with Crippen LogP contribution in [0.25, 0.3) is 11.3 Å². The first-order chi connectivity index (χ1) is 13.2. The Labute approximate surface area is 159 Å². The van der Waals surface area contributed by atoms with Crippen molar-refractivity contribution in [1.82, 2.24) is 4.98 Å². The molecule has 0 aliphatic heterocycles. The zero-order valence-electron chi connectivity index (χ0n) is 15.1. The Morgan fingerprint density at radius 2 is 1.26 bits per heavy atom. The second kappa shape index (κ2) is 7.34. The van der Waals surface area contributed by atoms with Crippen LogP contribution in [-0.4, -0.2) is 4.98 Å². The van der Waals surface area contributed by atoms with E-state index in [1.807, 2.05) is 110 Å². The van der Waals surface area contributed by atoms with Crippen molar-refractivity contribution in [3.63, 3.8) is 0 Å². The molecule has 0 aliphatic carbocycles. The molecule has 1 heterocycles. The molecule has 0 spiro atoms. The van der Waals surface area contributed by atoms with E-state index in [4.69, 9.17) is 0 Å². The van der Waals surface area contributed by atoms with Crippen molar-refractivity contribution in [3.05, 3.63) is 109 Å². The van der Waals surface area contributed by atoms with Crippen LogP contribution in [0.15, 0.2) is 103 Å². The lowest BCUT2D eigenvalue weighted by Crippen LogP contribution is -2.25. The first-order valence-electron chi connectivity index (χ1n) is 8.93. The van der Waals surface area contributed by atoms with Crippen molar-refractivity contribution in [1.29, 1.82) is 0 Å². The molecule has 0 saturated carbocycles. The maximum absolute atomic E-state index is 14.4. The fourth-order valence-corrected chi connectivity index (χ4v) is 5.92. The highest BCUT2D eigenvalue weighted by Gasteiger charge is 2.29. The maximum atomic E-state index is 14.4. The second-order valence-electron chi connectivity index (χ2n) is 6.55. The third kappa shape index (κ3) is 3.37. The summed E-state index contributed by atoms with van der Waals surface area (Å²) in [6, 6.07) is 31.5.